The number of hydrogen-bond donors (Lipinski definition) is 0. The Balaban J connectivity index is 1.07. The van der Waals surface area contributed by atoms with Gasteiger partial charge in [-0.1, -0.05) is 23.4 Å². The average molecular weight is 569 g/mol. The highest BCUT2D eigenvalue weighted by atomic mass is 19.1. The number of alkyl halides is 1. The molecule has 2 aromatic carbocycles. The first-order valence-corrected chi connectivity index (χ1v) is 15.3. The monoisotopic (exact) mass is 568 g/mol. The van der Waals surface area contributed by atoms with Crippen molar-refractivity contribution in [2.24, 2.45) is 10.8 Å². The van der Waals surface area contributed by atoms with Gasteiger partial charge in [-0.25, -0.2) is 8.78 Å². The molecular formula is C34H34F2N4O2. The molecule has 0 spiro atoms. The number of hydrogen-bond acceptors (Lipinski definition) is 5. The SMILES string of the molecule is N#Cc1cc(-c2cccc(N(CC34CCC(c5nc(C6CC6)no5)(CC3)CC4)C(=O)CC34CC(F)(C3)C4)c2)ccc1F. The third kappa shape index (κ3) is 4.19. The number of rotatable bonds is 8. The number of nitrogens with zero attached hydrogens (tertiary/aromatic N) is 4. The lowest BCUT2D eigenvalue weighted by Gasteiger charge is -2.66. The summed E-state index contributed by atoms with van der Waals surface area (Å²) in [6.07, 6.45) is 10.0. The molecule has 7 fully saturated rings. The quantitative estimate of drug-likeness (QED) is 0.280. The summed E-state index contributed by atoms with van der Waals surface area (Å²) in [5, 5.41) is 13.6. The van der Waals surface area contributed by atoms with Crippen LogP contribution < -0.4 is 4.90 Å². The standard InChI is InChI=1S/C34H34F2N4O2/c35-27-7-6-24(14-25(27)17-37)23-2-1-3-26(15-23)40(28(41)16-32-18-34(36,19-32)20-32)21-31-8-11-33(12-9-31,13-10-31)30-38-29(39-42-30)22-4-5-22/h1-3,6-7,14-15,22H,4-5,8-13,16,18-21H2. The number of anilines is 1. The van der Waals surface area contributed by atoms with E-state index in [9.17, 15) is 18.8 Å². The number of carbonyl (C=O) groups excluding carboxylic acids is 1. The molecule has 1 amide bonds. The zero-order valence-electron chi connectivity index (χ0n) is 23.7. The van der Waals surface area contributed by atoms with Crippen LogP contribution in [0.4, 0.5) is 14.5 Å². The molecule has 8 heteroatoms. The Morgan fingerprint density at radius 1 is 1.00 bits per heavy atom. The molecule has 7 aliphatic rings. The van der Waals surface area contributed by atoms with E-state index in [-0.39, 0.29) is 27.7 Å². The third-order valence-corrected chi connectivity index (χ3v) is 11.2. The van der Waals surface area contributed by atoms with Crippen LogP contribution in [0.2, 0.25) is 0 Å². The number of amides is 1. The van der Waals surface area contributed by atoms with E-state index in [1.165, 1.54) is 6.07 Å². The van der Waals surface area contributed by atoms with Gasteiger partial charge in [0.05, 0.1) is 5.56 Å². The van der Waals surface area contributed by atoms with Crippen molar-refractivity contribution < 1.29 is 18.1 Å². The summed E-state index contributed by atoms with van der Waals surface area (Å²) in [5.74, 6) is 1.64. The molecule has 1 heterocycles. The first-order chi connectivity index (χ1) is 20.2. The molecular weight excluding hydrogens is 534 g/mol. The molecule has 0 aliphatic heterocycles. The van der Waals surface area contributed by atoms with Gasteiger partial charge in [0, 0.05) is 30.0 Å². The summed E-state index contributed by atoms with van der Waals surface area (Å²) in [6, 6.07) is 14.2. The molecule has 10 rings (SSSR count). The first-order valence-electron chi connectivity index (χ1n) is 15.3. The molecule has 0 N–H and O–H groups in total. The number of fused-ring (bicyclic) bond motifs is 3. The van der Waals surface area contributed by atoms with Crippen molar-refractivity contribution in [3.05, 3.63) is 65.6 Å². The predicted molar refractivity (Wildman–Crippen MR) is 152 cm³/mol. The van der Waals surface area contributed by atoms with Gasteiger partial charge in [0.1, 0.15) is 17.6 Å². The maximum absolute atomic E-state index is 14.3. The van der Waals surface area contributed by atoms with Crippen LogP contribution in [0.3, 0.4) is 0 Å². The Hall–Kier alpha value is -3.60. The molecule has 216 valence electrons. The van der Waals surface area contributed by atoms with Gasteiger partial charge >= 0.3 is 0 Å². The summed E-state index contributed by atoms with van der Waals surface area (Å²) in [6.45, 7) is 0.617. The van der Waals surface area contributed by atoms with Crippen LogP contribution in [-0.4, -0.2) is 28.3 Å². The molecule has 3 aromatic rings. The van der Waals surface area contributed by atoms with E-state index in [0.29, 0.717) is 38.1 Å². The summed E-state index contributed by atoms with van der Waals surface area (Å²) < 4.78 is 34.2. The van der Waals surface area contributed by atoms with Crippen molar-refractivity contribution >= 4 is 11.6 Å². The highest BCUT2D eigenvalue weighted by molar-refractivity contribution is 5.95. The molecule has 0 atom stereocenters. The van der Waals surface area contributed by atoms with Crippen LogP contribution in [0.5, 0.6) is 0 Å². The lowest BCUT2D eigenvalue weighted by molar-refractivity contribution is -0.215. The predicted octanol–water partition coefficient (Wildman–Crippen LogP) is 7.53. The fourth-order valence-electron chi connectivity index (χ4n) is 8.55. The van der Waals surface area contributed by atoms with Gasteiger partial charge in [-0.05, 0) is 117 Å². The molecule has 42 heavy (non-hydrogen) atoms. The maximum Gasteiger partial charge on any atom is 0.232 e. The first kappa shape index (κ1) is 26.1. The van der Waals surface area contributed by atoms with Gasteiger partial charge in [0.2, 0.25) is 11.8 Å². The van der Waals surface area contributed by atoms with Crippen LogP contribution in [-0.2, 0) is 10.2 Å². The van der Waals surface area contributed by atoms with E-state index in [1.807, 2.05) is 35.2 Å². The third-order valence-electron chi connectivity index (χ3n) is 11.2. The molecule has 7 aliphatic carbocycles. The lowest BCUT2D eigenvalue weighted by atomic mass is 9.41. The van der Waals surface area contributed by atoms with Crippen LogP contribution in [0.25, 0.3) is 11.1 Å². The molecule has 1 aromatic heterocycles. The highest BCUT2D eigenvalue weighted by Gasteiger charge is 2.69. The second-order valence-electron chi connectivity index (χ2n) is 14.2. The lowest BCUT2D eigenvalue weighted by Crippen LogP contribution is -2.65. The topological polar surface area (TPSA) is 83.0 Å². The van der Waals surface area contributed by atoms with Crippen LogP contribution in [0, 0.1) is 28.0 Å². The number of aromatic nitrogens is 2. The molecule has 0 saturated heterocycles. The van der Waals surface area contributed by atoms with E-state index in [0.717, 1.165) is 79.9 Å². The van der Waals surface area contributed by atoms with Crippen molar-refractivity contribution in [1.29, 1.82) is 5.26 Å². The van der Waals surface area contributed by atoms with Crippen molar-refractivity contribution in [2.45, 2.75) is 94.1 Å². The maximum atomic E-state index is 14.3. The smallest absolute Gasteiger partial charge is 0.232 e. The van der Waals surface area contributed by atoms with E-state index in [4.69, 9.17) is 9.51 Å². The summed E-state index contributed by atoms with van der Waals surface area (Å²) in [7, 11) is 0. The molecule has 4 bridgehead atoms. The highest BCUT2D eigenvalue weighted by Crippen LogP contribution is 2.71. The fraction of sp³-hybridized carbons (Fsp3) is 0.529. The number of benzene rings is 2. The minimum Gasteiger partial charge on any atom is -0.339 e. The summed E-state index contributed by atoms with van der Waals surface area (Å²) in [4.78, 5) is 20.8. The van der Waals surface area contributed by atoms with Gasteiger partial charge in [-0.15, -0.1) is 0 Å². The summed E-state index contributed by atoms with van der Waals surface area (Å²) in [5.41, 5.74) is 1.04. The van der Waals surface area contributed by atoms with Gasteiger partial charge in [0.25, 0.3) is 0 Å². The molecule has 6 nitrogen and oxygen atoms in total. The van der Waals surface area contributed by atoms with Crippen LogP contribution >= 0.6 is 0 Å². The second kappa shape index (κ2) is 8.95. The number of nitriles is 1. The van der Waals surface area contributed by atoms with E-state index < -0.39 is 11.5 Å². The van der Waals surface area contributed by atoms with E-state index in [1.54, 1.807) is 12.1 Å². The zero-order chi connectivity index (χ0) is 28.7. The van der Waals surface area contributed by atoms with E-state index >= 15 is 0 Å². The van der Waals surface area contributed by atoms with Crippen LogP contribution in [0.1, 0.15) is 100 Å². The van der Waals surface area contributed by atoms with Gasteiger partial charge in [-0.2, -0.15) is 10.2 Å². The van der Waals surface area contributed by atoms with Crippen molar-refractivity contribution in [1.82, 2.24) is 10.1 Å². The fourth-order valence-corrected chi connectivity index (χ4v) is 8.55. The average Bonchev–Trinajstić information content (AvgIpc) is 3.71. The molecule has 0 radical (unpaired) electrons. The van der Waals surface area contributed by atoms with Crippen LogP contribution in [0.15, 0.2) is 47.0 Å². The van der Waals surface area contributed by atoms with E-state index in [2.05, 4.69) is 5.16 Å². The number of halogens is 2. The minimum atomic E-state index is -1.05. The Labute approximate surface area is 244 Å². The normalized spacial score (nSPS) is 32.5. The van der Waals surface area contributed by atoms with Crippen molar-refractivity contribution in [3.8, 4) is 17.2 Å². The largest absolute Gasteiger partial charge is 0.339 e. The van der Waals surface area contributed by atoms with Crippen molar-refractivity contribution in [3.63, 3.8) is 0 Å². The summed E-state index contributed by atoms with van der Waals surface area (Å²) >= 11 is 0. The minimum absolute atomic E-state index is 0.00263. The Morgan fingerprint density at radius 2 is 1.71 bits per heavy atom. The van der Waals surface area contributed by atoms with Crippen molar-refractivity contribution in [2.75, 3.05) is 11.4 Å². The molecule has 7 saturated carbocycles. The zero-order valence-corrected chi connectivity index (χ0v) is 23.7. The molecule has 0 unspecified atom stereocenters. The van der Waals surface area contributed by atoms with Gasteiger partial charge < -0.3 is 9.42 Å². The Bertz CT molecular complexity index is 1590. The Morgan fingerprint density at radius 3 is 2.38 bits per heavy atom. The Kier molecular flexibility index (Phi) is 5.55. The van der Waals surface area contributed by atoms with Gasteiger partial charge in [-0.3, -0.25) is 4.79 Å². The second-order valence-corrected chi connectivity index (χ2v) is 14.2. The van der Waals surface area contributed by atoms with Gasteiger partial charge in [0.15, 0.2) is 5.82 Å². The number of carbonyl (C=O) groups is 1.